The lowest BCUT2D eigenvalue weighted by atomic mass is 10.1. The second kappa shape index (κ2) is 10.1. The lowest BCUT2D eigenvalue weighted by molar-refractivity contribution is 0.583. The first-order chi connectivity index (χ1) is 10.7. The predicted molar refractivity (Wildman–Crippen MR) is 97.9 cm³/mol. The van der Waals surface area contributed by atoms with Gasteiger partial charge in [0.2, 0.25) is 0 Å². The van der Waals surface area contributed by atoms with Crippen molar-refractivity contribution >= 4 is 29.9 Å². The molecule has 0 saturated carbocycles. The van der Waals surface area contributed by atoms with Crippen molar-refractivity contribution < 1.29 is 8.78 Å². The summed E-state index contributed by atoms with van der Waals surface area (Å²) < 4.78 is 26.6. The normalized spacial score (nSPS) is 10.8. The first-order valence-corrected chi connectivity index (χ1v) is 6.97. The molecule has 2 N–H and O–H groups in total. The average molecular weight is 432 g/mol. The molecule has 0 unspecified atom stereocenters. The second-order valence-electron chi connectivity index (χ2n) is 4.66. The van der Waals surface area contributed by atoms with Gasteiger partial charge in [-0.3, -0.25) is 9.98 Å². The van der Waals surface area contributed by atoms with Gasteiger partial charge in [-0.1, -0.05) is 6.07 Å². The van der Waals surface area contributed by atoms with Crippen LogP contribution >= 0.6 is 24.0 Å². The molecule has 23 heavy (non-hydrogen) atoms. The lowest BCUT2D eigenvalue weighted by Crippen LogP contribution is -2.38. The van der Waals surface area contributed by atoms with Crippen LogP contribution in [0.2, 0.25) is 0 Å². The van der Waals surface area contributed by atoms with E-state index in [9.17, 15) is 8.78 Å². The van der Waals surface area contributed by atoms with Crippen molar-refractivity contribution in [3.05, 3.63) is 65.5 Å². The van der Waals surface area contributed by atoms with Crippen molar-refractivity contribution in [2.75, 3.05) is 13.6 Å². The van der Waals surface area contributed by atoms with Crippen molar-refractivity contribution in [1.82, 2.24) is 15.6 Å². The topological polar surface area (TPSA) is 49.3 Å². The van der Waals surface area contributed by atoms with Gasteiger partial charge in [0.1, 0.15) is 11.6 Å². The van der Waals surface area contributed by atoms with Gasteiger partial charge in [0.05, 0.1) is 12.2 Å². The number of nitrogens with zero attached hydrogens (tertiary/aromatic N) is 2. The van der Waals surface area contributed by atoms with E-state index in [-0.39, 0.29) is 24.0 Å². The molecular formula is C16H19F2IN4. The zero-order valence-electron chi connectivity index (χ0n) is 12.7. The van der Waals surface area contributed by atoms with Crippen LogP contribution in [-0.2, 0) is 13.0 Å². The van der Waals surface area contributed by atoms with Gasteiger partial charge in [-0.05, 0) is 42.3 Å². The van der Waals surface area contributed by atoms with Crippen LogP contribution in [-0.4, -0.2) is 24.5 Å². The number of aliphatic imine (C=N–C) groups is 1. The van der Waals surface area contributed by atoms with E-state index in [1.165, 1.54) is 6.07 Å². The van der Waals surface area contributed by atoms with Crippen molar-refractivity contribution in [3.63, 3.8) is 0 Å². The van der Waals surface area contributed by atoms with Gasteiger partial charge in [-0.25, -0.2) is 8.78 Å². The fraction of sp³-hybridized carbons (Fsp3) is 0.250. The third-order valence-corrected chi connectivity index (χ3v) is 3.08. The molecule has 1 aromatic carbocycles. The number of aromatic nitrogens is 1. The fourth-order valence-corrected chi connectivity index (χ4v) is 1.95. The van der Waals surface area contributed by atoms with Crippen LogP contribution in [0.25, 0.3) is 0 Å². The van der Waals surface area contributed by atoms with Crippen LogP contribution in [0.4, 0.5) is 8.78 Å². The third-order valence-electron chi connectivity index (χ3n) is 3.08. The number of halogens is 3. The standard InChI is InChI=1S/C16H18F2N4.HI/c1-19-16(22-11-14-4-2-3-8-20-14)21-9-7-12-10-13(17)5-6-15(12)18;/h2-6,8,10H,7,9,11H2,1H3,(H2,19,21,22);1H. The van der Waals surface area contributed by atoms with Crippen LogP contribution < -0.4 is 10.6 Å². The number of rotatable bonds is 5. The molecule has 0 aliphatic heterocycles. The molecule has 0 spiro atoms. The molecule has 0 amide bonds. The molecule has 7 heteroatoms. The van der Waals surface area contributed by atoms with Gasteiger partial charge >= 0.3 is 0 Å². The number of nitrogens with one attached hydrogen (secondary N) is 2. The molecule has 0 atom stereocenters. The Bertz CT molecular complexity index is 635. The minimum Gasteiger partial charge on any atom is -0.356 e. The number of benzene rings is 1. The molecule has 2 rings (SSSR count). The molecule has 0 aliphatic carbocycles. The molecule has 0 bridgehead atoms. The molecular weight excluding hydrogens is 413 g/mol. The maximum atomic E-state index is 13.5. The SMILES string of the molecule is CN=C(NCCc1cc(F)ccc1F)NCc1ccccn1.I. The van der Waals surface area contributed by atoms with Crippen LogP contribution in [0.1, 0.15) is 11.3 Å². The van der Waals surface area contributed by atoms with Crippen LogP contribution in [0, 0.1) is 11.6 Å². The Kier molecular flexibility index (Phi) is 8.46. The number of pyridine rings is 1. The summed E-state index contributed by atoms with van der Waals surface area (Å²) in [5, 5.41) is 6.16. The maximum absolute atomic E-state index is 13.5. The summed E-state index contributed by atoms with van der Waals surface area (Å²) in [5.74, 6) is -0.254. The minimum absolute atomic E-state index is 0. The van der Waals surface area contributed by atoms with E-state index in [2.05, 4.69) is 20.6 Å². The smallest absolute Gasteiger partial charge is 0.191 e. The summed E-state index contributed by atoms with van der Waals surface area (Å²) in [4.78, 5) is 8.27. The molecule has 0 aliphatic rings. The Balaban J connectivity index is 0.00000264. The molecule has 0 radical (unpaired) electrons. The average Bonchev–Trinajstić information content (AvgIpc) is 2.55. The fourth-order valence-electron chi connectivity index (χ4n) is 1.95. The first-order valence-electron chi connectivity index (χ1n) is 6.97. The van der Waals surface area contributed by atoms with Gasteiger partial charge in [0.15, 0.2) is 5.96 Å². The maximum Gasteiger partial charge on any atom is 0.191 e. The summed E-state index contributed by atoms with van der Waals surface area (Å²) in [7, 11) is 1.65. The summed E-state index contributed by atoms with van der Waals surface area (Å²) in [6.07, 6.45) is 2.09. The van der Waals surface area contributed by atoms with Gasteiger partial charge in [0, 0.05) is 19.8 Å². The highest BCUT2D eigenvalue weighted by molar-refractivity contribution is 14.0. The molecule has 4 nitrogen and oxygen atoms in total. The Labute approximate surface area is 151 Å². The Morgan fingerprint density at radius 3 is 2.70 bits per heavy atom. The predicted octanol–water partition coefficient (Wildman–Crippen LogP) is 2.89. The molecule has 1 heterocycles. The number of hydrogen-bond donors (Lipinski definition) is 2. The van der Waals surface area contributed by atoms with Crippen LogP contribution in [0.3, 0.4) is 0 Å². The van der Waals surface area contributed by atoms with Gasteiger partial charge in [-0.15, -0.1) is 24.0 Å². The van der Waals surface area contributed by atoms with Gasteiger partial charge in [0.25, 0.3) is 0 Å². The Morgan fingerprint density at radius 1 is 1.17 bits per heavy atom. The highest BCUT2D eigenvalue weighted by Gasteiger charge is 2.04. The highest BCUT2D eigenvalue weighted by Crippen LogP contribution is 2.09. The summed E-state index contributed by atoms with van der Waals surface area (Å²) in [5.41, 5.74) is 1.23. The molecule has 124 valence electrons. The summed E-state index contributed by atoms with van der Waals surface area (Å²) in [6.45, 7) is 0.983. The van der Waals surface area contributed by atoms with Crippen molar-refractivity contribution in [1.29, 1.82) is 0 Å². The van der Waals surface area contributed by atoms with E-state index in [0.717, 1.165) is 17.8 Å². The Morgan fingerprint density at radius 2 is 2.00 bits per heavy atom. The number of guanidine groups is 1. The van der Waals surface area contributed by atoms with E-state index in [4.69, 9.17) is 0 Å². The second-order valence-corrected chi connectivity index (χ2v) is 4.66. The van der Waals surface area contributed by atoms with Crippen molar-refractivity contribution in [2.45, 2.75) is 13.0 Å². The van der Waals surface area contributed by atoms with Gasteiger partial charge < -0.3 is 10.6 Å². The van der Waals surface area contributed by atoms with Crippen LogP contribution in [0.15, 0.2) is 47.6 Å². The van der Waals surface area contributed by atoms with E-state index in [1.54, 1.807) is 13.2 Å². The molecule has 2 aromatic rings. The first kappa shape index (κ1) is 19.3. The van der Waals surface area contributed by atoms with Crippen molar-refractivity contribution in [3.8, 4) is 0 Å². The Hall–Kier alpha value is -1.77. The largest absolute Gasteiger partial charge is 0.356 e. The number of hydrogen-bond acceptors (Lipinski definition) is 2. The van der Waals surface area contributed by atoms with Crippen molar-refractivity contribution in [2.24, 2.45) is 4.99 Å². The lowest BCUT2D eigenvalue weighted by Gasteiger charge is -2.12. The third kappa shape index (κ3) is 6.47. The summed E-state index contributed by atoms with van der Waals surface area (Å²) in [6, 6.07) is 9.12. The minimum atomic E-state index is -0.436. The quantitative estimate of drug-likeness (QED) is 0.434. The molecule has 1 aromatic heterocycles. The van der Waals surface area contributed by atoms with Crippen LogP contribution in [0.5, 0.6) is 0 Å². The van der Waals surface area contributed by atoms with E-state index < -0.39 is 11.6 Å². The molecule has 0 saturated heterocycles. The summed E-state index contributed by atoms with van der Waals surface area (Å²) >= 11 is 0. The van der Waals surface area contributed by atoms with E-state index >= 15 is 0 Å². The zero-order chi connectivity index (χ0) is 15.8. The molecule has 0 fully saturated rings. The van der Waals surface area contributed by atoms with Gasteiger partial charge in [-0.2, -0.15) is 0 Å². The van der Waals surface area contributed by atoms with E-state index in [0.29, 0.717) is 31.0 Å². The zero-order valence-corrected chi connectivity index (χ0v) is 15.1. The van der Waals surface area contributed by atoms with E-state index in [1.807, 2.05) is 18.2 Å². The highest BCUT2D eigenvalue weighted by atomic mass is 127. The monoisotopic (exact) mass is 432 g/mol.